The molecule has 16 heavy (non-hydrogen) atoms. The molecule has 0 atom stereocenters. The molecular weight excluding hydrogens is 216 g/mol. The number of nitrogens with one attached hydrogen (secondary N) is 1. The monoisotopic (exact) mass is 232 g/mol. The summed E-state index contributed by atoms with van der Waals surface area (Å²) in [6.07, 6.45) is 3.66. The first-order valence-corrected chi connectivity index (χ1v) is 6.23. The Bertz CT molecular complexity index is 448. The molecule has 0 aliphatic rings. The van der Waals surface area contributed by atoms with Gasteiger partial charge in [0, 0.05) is 35.2 Å². The van der Waals surface area contributed by atoms with Crippen LogP contribution in [-0.2, 0) is 13.1 Å². The zero-order valence-corrected chi connectivity index (χ0v) is 10.5. The summed E-state index contributed by atoms with van der Waals surface area (Å²) >= 11 is 1.87. The second-order valence-electron chi connectivity index (χ2n) is 3.90. The van der Waals surface area contributed by atoms with Crippen LogP contribution in [0.25, 0.3) is 0 Å². The van der Waals surface area contributed by atoms with Crippen LogP contribution in [0.2, 0.25) is 0 Å². The van der Waals surface area contributed by atoms with Crippen LogP contribution in [0.5, 0.6) is 0 Å². The van der Waals surface area contributed by atoms with Crippen molar-refractivity contribution < 1.29 is 0 Å². The zero-order valence-electron chi connectivity index (χ0n) is 9.66. The number of aromatic nitrogens is 1. The molecule has 0 fully saturated rings. The normalized spacial score (nSPS) is 10.6. The molecule has 0 amide bonds. The van der Waals surface area contributed by atoms with Crippen LogP contribution >= 0.6 is 11.3 Å². The number of rotatable bonds is 4. The molecular formula is C13H16N2S. The van der Waals surface area contributed by atoms with E-state index < -0.39 is 0 Å². The lowest BCUT2D eigenvalue weighted by molar-refractivity contribution is 0.692. The van der Waals surface area contributed by atoms with E-state index in [1.54, 1.807) is 0 Å². The molecule has 0 bridgehead atoms. The molecule has 0 saturated carbocycles. The van der Waals surface area contributed by atoms with Gasteiger partial charge in [0.25, 0.3) is 0 Å². The third-order valence-corrected chi connectivity index (χ3v) is 3.55. The minimum atomic E-state index is 0.900. The van der Waals surface area contributed by atoms with Crippen LogP contribution < -0.4 is 5.32 Å². The molecule has 84 valence electrons. The van der Waals surface area contributed by atoms with Crippen LogP contribution in [0.15, 0.2) is 30.6 Å². The highest BCUT2D eigenvalue weighted by Gasteiger charge is 2.01. The lowest BCUT2D eigenvalue weighted by Gasteiger charge is -2.04. The largest absolute Gasteiger partial charge is 0.309 e. The number of hydrogen-bond acceptors (Lipinski definition) is 3. The third kappa shape index (κ3) is 2.90. The van der Waals surface area contributed by atoms with E-state index in [-0.39, 0.29) is 0 Å². The van der Waals surface area contributed by atoms with Gasteiger partial charge in [-0.1, -0.05) is 0 Å². The van der Waals surface area contributed by atoms with Gasteiger partial charge in [-0.15, -0.1) is 11.3 Å². The highest BCUT2D eigenvalue weighted by atomic mass is 32.1. The molecule has 2 nitrogen and oxygen atoms in total. The Kier molecular flexibility index (Phi) is 3.70. The Balaban J connectivity index is 1.87. The SMILES string of the molecule is Cc1cc(CNCc2ccncc2)c(C)s1. The molecule has 2 aromatic heterocycles. The van der Waals surface area contributed by atoms with Crippen LogP contribution in [0.1, 0.15) is 20.9 Å². The van der Waals surface area contributed by atoms with E-state index in [1.165, 1.54) is 20.9 Å². The minimum absolute atomic E-state index is 0.900. The van der Waals surface area contributed by atoms with Crippen LogP contribution in [0.4, 0.5) is 0 Å². The smallest absolute Gasteiger partial charge is 0.0271 e. The van der Waals surface area contributed by atoms with Gasteiger partial charge in [0.05, 0.1) is 0 Å². The highest BCUT2D eigenvalue weighted by Crippen LogP contribution is 2.20. The summed E-state index contributed by atoms with van der Waals surface area (Å²) < 4.78 is 0. The van der Waals surface area contributed by atoms with Crippen molar-refractivity contribution in [2.24, 2.45) is 0 Å². The molecule has 0 aliphatic heterocycles. The van der Waals surface area contributed by atoms with E-state index in [4.69, 9.17) is 0 Å². The Morgan fingerprint density at radius 3 is 2.56 bits per heavy atom. The van der Waals surface area contributed by atoms with Gasteiger partial charge < -0.3 is 5.32 Å². The fourth-order valence-electron chi connectivity index (χ4n) is 1.70. The first kappa shape index (κ1) is 11.3. The summed E-state index contributed by atoms with van der Waals surface area (Å²) in [7, 11) is 0. The third-order valence-electron chi connectivity index (χ3n) is 2.54. The Labute approximate surface area is 100 Å². The molecule has 2 rings (SSSR count). The number of pyridine rings is 1. The van der Waals surface area contributed by atoms with Gasteiger partial charge >= 0.3 is 0 Å². The topological polar surface area (TPSA) is 24.9 Å². The van der Waals surface area contributed by atoms with Gasteiger partial charge in [-0.2, -0.15) is 0 Å². The Morgan fingerprint density at radius 2 is 1.94 bits per heavy atom. The summed E-state index contributed by atoms with van der Waals surface area (Å²) in [5.41, 5.74) is 2.69. The Morgan fingerprint density at radius 1 is 1.19 bits per heavy atom. The fourth-order valence-corrected chi connectivity index (χ4v) is 2.65. The highest BCUT2D eigenvalue weighted by molar-refractivity contribution is 7.12. The molecule has 0 radical (unpaired) electrons. The molecule has 0 unspecified atom stereocenters. The van der Waals surface area contributed by atoms with Crippen LogP contribution in [0.3, 0.4) is 0 Å². The van der Waals surface area contributed by atoms with Gasteiger partial charge in [-0.25, -0.2) is 0 Å². The van der Waals surface area contributed by atoms with E-state index in [0.29, 0.717) is 0 Å². The number of hydrogen-bond donors (Lipinski definition) is 1. The second-order valence-corrected chi connectivity index (χ2v) is 5.36. The standard InChI is InChI=1S/C13H16N2S/c1-10-7-13(11(2)16-10)9-15-8-12-3-5-14-6-4-12/h3-7,15H,8-9H2,1-2H3. The van der Waals surface area contributed by atoms with E-state index in [1.807, 2.05) is 35.9 Å². The van der Waals surface area contributed by atoms with Crippen molar-refractivity contribution in [1.29, 1.82) is 0 Å². The number of thiophene rings is 1. The molecule has 0 aromatic carbocycles. The average molecular weight is 232 g/mol. The molecule has 0 aliphatic carbocycles. The molecule has 0 saturated heterocycles. The second kappa shape index (κ2) is 5.23. The van der Waals surface area contributed by atoms with E-state index in [2.05, 4.69) is 30.2 Å². The first-order chi connectivity index (χ1) is 7.75. The van der Waals surface area contributed by atoms with E-state index in [0.717, 1.165) is 13.1 Å². The summed E-state index contributed by atoms with van der Waals surface area (Å²) in [5.74, 6) is 0. The summed E-state index contributed by atoms with van der Waals surface area (Å²) in [4.78, 5) is 6.81. The fraction of sp³-hybridized carbons (Fsp3) is 0.308. The van der Waals surface area contributed by atoms with Crippen molar-refractivity contribution in [3.8, 4) is 0 Å². The Hall–Kier alpha value is -1.19. The molecule has 3 heteroatoms. The van der Waals surface area contributed by atoms with Crippen molar-refractivity contribution >= 4 is 11.3 Å². The van der Waals surface area contributed by atoms with Gasteiger partial charge in [0.1, 0.15) is 0 Å². The maximum absolute atomic E-state index is 4.00. The number of nitrogens with zero attached hydrogens (tertiary/aromatic N) is 1. The maximum atomic E-state index is 4.00. The van der Waals surface area contributed by atoms with Crippen molar-refractivity contribution in [2.75, 3.05) is 0 Å². The predicted octanol–water partition coefficient (Wildman–Crippen LogP) is 3.05. The quantitative estimate of drug-likeness (QED) is 0.876. The van der Waals surface area contributed by atoms with E-state index in [9.17, 15) is 0 Å². The first-order valence-electron chi connectivity index (χ1n) is 5.41. The summed E-state index contributed by atoms with van der Waals surface area (Å²) in [5, 5.41) is 3.45. The predicted molar refractivity (Wildman–Crippen MR) is 68.6 cm³/mol. The maximum Gasteiger partial charge on any atom is 0.0271 e. The average Bonchev–Trinajstić information content (AvgIpc) is 2.59. The molecule has 0 spiro atoms. The lowest BCUT2D eigenvalue weighted by atomic mass is 10.2. The van der Waals surface area contributed by atoms with Gasteiger partial charge in [-0.05, 0) is 43.2 Å². The minimum Gasteiger partial charge on any atom is -0.309 e. The molecule has 2 aromatic rings. The summed E-state index contributed by atoms with van der Waals surface area (Å²) in [6, 6.07) is 6.34. The lowest BCUT2D eigenvalue weighted by Crippen LogP contribution is -2.12. The van der Waals surface area contributed by atoms with Crippen LogP contribution in [-0.4, -0.2) is 4.98 Å². The van der Waals surface area contributed by atoms with Gasteiger partial charge in [-0.3, -0.25) is 4.98 Å². The number of aryl methyl sites for hydroxylation is 2. The van der Waals surface area contributed by atoms with E-state index >= 15 is 0 Å². The van der Waals surface area contributed by atoms with Crippen molar-refractivity contribution in [3.05, 3.63) is 51.5 Å². The van der Waals surface area contributed by atoms with Crippen LogP contribution in [0, 0.1) is 13.8 Å². The summed E-state index contributed by atoms with van der Waals surface area (Å²) in [6.45, 7) is 6.18. The van der Waals surface area contributed by atoms with Gasteiger partial charge in [0.2, 0.25) is 0 Å². The molecule has 1 N–H and O–H groups in total. The van der Waals surface area contributed by atoms with Crippen molar-refractivity contribution in [2.45, 2.75) is 26.9 Å². The zero-order chi connectivity index (χ0) is 11.4. The van der Waals surface area contributed by atoms with Gasteiger partial charge in [0.15, 0.2) is 0 Å². The van der Waals surface area contributed by atoms with Crippen molar-refractivity contribution in [1.82, 2.24) is 10.3 Å². The molecule has 2 heterocycles. The van der Waals surface area contributed by atoms with Crippen molar-refractivity contribution in [3.63, 3.8) is 0 Å².